The number of carbonyl (C=O) groups is 1. The number of aromatic nitrogens is 2. The first kappa shape index (κ1) is 23.1. The van der Waals surface area contributed by atoms with Crippen LogP contribution in [0.25, 0.3) is 6.08 Å². The molecule has 0 aliphatic carbocycles. The van der Waals surface area contributed by atoms with Gasteiger partial charge in [-0.25, -0.2) is 0 Å². The Hall–Kier alpha value is -2.61. The van der Waals surface area contributed by atoms with Crippen molar-refractivity contribution in [1.82, 2.24) is 9.36 Å². The van der Waals surface area contributed by atoms with Crippen molar-refractivity contribution in [2.45, 2.75) is 57.9 Å². The SMILES string of the molecule is C=Cc1ccc(C(F)(F)F)cc1C(=O)N=c1cc(C(C)(C)C)n(C)n1C[C@H]1CCCO1. The second-order valence-corrected chi connectivity index (χ2v) is 8.80. The number of ether oxygens (including phenoxy) is 1. The Morgan fingerprint density at radius 3 is 2.55 bits per heavy atom. The first-order valence-corrected chi connectivity index (χ1v) is 10.2. The van der Waals surface area contributed by atoms with E-state index >= 15 is 0 Å². The van der Waals surface area contributed by atoms with Gasteiger partial charge in [0.2, 0.25) is 0 Å². The molecule has 3 rings (SSSR count). The van der Waals surface area contributed by atoms with Gasteiger partial charge in [-0.05, 0) is 30.5 Å². The van der Waals surface area contributed by atoms with Gasteiger partial charge in [0.25, 0.3) is 5.91 Å². The van der Waals surface area contributed by atoms with Gasteiger partial charge in [0.05, 0.1) is 18.2 Å². The summed E-state index contributed by atoms with van der Waals surface area (Å²) in [6.07, 6.45) is -1.31. The number of alkyl halides is 3. The molecule has 0 spiro atoms. The van der Waals surface area contributed by atoms with E-state index < -0.39 is 17.6 Å². The van der Waals surface area contributed by atoms with E-state index in [0.717, 1.165) is 30.7 Å². The topological polar surface area (TPSA) is 48.5 Å². The van der Waals surface area contributed by atoms with E-state index in [4.69, 9.17) is 4.74 Å². The Labute approximate surface area is 179 Å². The third-order valence-corrected chi connectivity index (χ3v) is 5.46. The molecule has 31 heavy (non-hydrogen) atoms. The highest BCUT2D eigenvalue weighted by Crippen LogP contribution is 2.31. The smallest absolute Gasteiger partial charge is 0.376 e. The van der Waals surface area contributed by atoms with E-state index in [1.165, 1.54) is 12.1 Å². The highest BCUT2D eigenvalue weighted by Gasteiger charge is 2.31. The molecule has 2 aromatic rings. The second kappa shape index (κ2) is 8.49. The van der Waals surface area contributed by atoms with Crippen molar-refractivity contribution in [1.29, 1.82) is 0 Å². The van der Waals surface area contributed by atoms with Crippen LogP contribution in [0.1, 0.15) is 60.8 Å². The summed E-state index contributed by atoms with van der Waals surface area (Å²) in [7, 11) is 1.89. The minimum Gasteiger partial charge on any atom is -0.376 e. The third kappa shape index (κ3) is 5.01. The lowest BCUT2D eigenvalue weighted by Gasteiger charge is -2.21. The summed E-state index contributed by atoms with van der Waals surface area (Å²) in [6.45, 7) is 11.0. The maximum atomic E-state index is 13.2. The molecule has 5 nitrogen and oxygen atoms in total. The van der Waals surface area contributed by atoms with Crippen LogP contribution in [-0.4, -0.2) is 28.0 Å². The van der Waals surface area contributed by atoms with Gasteiger partial charge >= 0.3 is 6.18 Å². The van der Waals surface area contributed by atoms with Crippen molar-refractivity contribution in [2.75, 3.05) is 6.61 Å². The molecule has 0 saturated carbocycles. The van der Waals surface area contributed by atoms with Crippen molar-refractivity contribution >= 4 is 12.0 Å². The average molecular weight is 435 g/mol. The average Bonchev–Trinajstić information content (AvgIpc) is 3.30. The quantitative estimate of drug-likeness (QED) is 0.699. The minimum atomic E-state index is -4.55. The summed E-state index contributed by atoms with van der Waals surface area (Å²) in [4.78, 5) is 17.2. The highest BCUT2D eigenvalue weighted by molar-refractivity contribution is 5.98. The maximum absolute atomic E-state index is 13.2. The summed E-state index contributed by atoms with van der Waals surface area (Å²) in [5.74, 6) is -0.742. The van der Waals surface area contributed by atoms with E-state index in [1.807, 2.05) is 43.2 Å². The van der Waals surface area contributed by atoms with Gasteiger partial charge in [-0.2, -0.15) is 18.2 Å². The summed E-state index contributed by atoms with van der Waals surface area (Å²) < 4.78 is 49.1. The minimum absolute atomic E-state index is 0.00719. The number of carbonyl (C=O) groups excluding carboxylic acids is 1. The molecule has 0 N–H and O–H groups in total. The van der Waals surface area contributed by atoms with Crippen molar-refractivity contribution < 1.29 is 22.7 Å². The highest BCUT2D eigenvalue weighted by atomic mass is 19.4. The lowest BCUT2D eigenvalue weighted by molar-refractivity contribution is -0.137. The zero-order valence-electron chi connectivity index (χ0n) is 18.3. The fourth-order valence-electron chi connectivity index (χ4n) is 3.82. The van der Waals surface area contributed by atoms with Crippen LogP contribution in [0, 0.1) is 0 Å². The summed E-state index contributed by atoms with van der Waals surface area (Å²) in [5, 5.41) is 0. The van der Waals surface area contributed by atoms with Crippen molar-refractivity contribution in [2.24, 2.45) is 12.0 Å². The molecule has 1 fully saturated rings. The van der Waals surface area contributed by atoms with Gasteiger partial charge in [-0.3, -0.25) is 14.2 Å². The van der Waals surface area contributed by atoms with Crippen molar-refractivity contribution in [3.05, 3.63) is 58.7 Å². The summed E-state index contributed by atoms with van der Waals surface area (Å²) in [6, 6.07) is 4.82. The van der Waals surface area contributed by atoms with E-state index in [9.17, 15) is 18.0 Å². The monoisotopic (exact) mass is 435 g/mol. The third-order valence-electron chi connectivity index (χ3n) is 5.46. The molecule has 168 valence electrons. The molecule has 1 aliphatic heterocycles. The van der Waals surface area contributed by atoms with Crippen molar-refractivity contribution in [3.8, 4) is 0 Å². The number of hydrogen-bond donors (Lipinski definition) is 0. The lowest BCUT2D eigenvalue weighted by Crippen LogP contribution is -2.30. The van der Waals surface area contributed by atoms with Crippen LogP contribution >= 0.6 is 0 Å². The number of nitrogens with zero attached hydrogens (tertiary/aromatic N) is 3. The van der Waals surface area contributed by atoms with Crippen molar-refractivity contribution in [3.63, 3.8) is 0 Å². The number of halogens is 3. The zero-order chi connectivity index (χ0) is 23.0. The largest absolute Gasteiger partial charge is 0.416 e. The standard InChI is InChI=1S/C23H28F3N3O2/c1-6-15-9-10-16(23(24,25)26)12-18(15)21(30)27-20-13-19(22(2,3)4)28(5)29(20)14-17-8-7-11-31-17/h6,9-10,12-13,17H,1,7-8,11,14H2,2-5H3/t17-/m1/s1. The second-order valence-electron chi connectivity index (χ2n) is 8.80. The van der Waals surface area contributed by atoms with E-state index in [0.29, 0.717) is 24.2 Å². The summed E-state index contributed by atoms with van der Waals surface area (Å²) in [5.41, 5.74) is 0.401. The van der Waals surface area contributed by atoms with Crippen LogP contribution < -0.4 is 5.49 Å². The molecule has 1 amide bonds. The van der Waals surface area contributed by atoms with Gasteiger partial charge < -0.3 is 4.74 Å². The molecule has 1 atom stereocenters. The Balaban J connectivity index is 2.12. The van der Waals surface area contributed by atoms with E-state index in [1.54, 1.807) is 0 Å². The van der Waals surface area contributed by atoms with Gasteiger partial charge in [0.1, 0.15) is 0 Å². The Kier molecular flexibility index (Phi) is 6.32. The first-order valence-electron chi connectivity index (χ1n) is 10.2. The molecule has 0 bridgehead atoms. The predicted octanol–water partition coefficient (Wildman–Crippen LogP) is 4.71. The molecule has 0 unspecified atom stereocenters. The van der Waals surface area contributed by atoms with Gasteiger partial charge in [0.15, 0.2) is 5.49 Å². The molecular formula is C23H28F3N3O2. The Morgan fingerprint density at radius 2 is 2.00 bits per heavy atom. The van der Waals surface area contributed by atoms with Gasteiger partial charge in [-0.1, -0.05) is 39.5 Å². The number of benzene rings is 1. The Morgan fingerprint density at radius 1 is 1.29 bits per heavy atom. The predicted molar refractivity (Wildman–Crippen MR) is 113 cm³/mol. The van der Waals surface area contributed by atoms with Crippen LogP contribution in [0.2, 0.25) is 0 Å². The van der Waals surface area contributed by atoms with Crippen LogP contribution in [0.15, 0.2) is 35.8 Å². The van der Waals surface area contributed by atoms with E-state index in [2.05, 4.69) is 11.6 Å². The fraction of sp³-hybridized carbons (Fsp3) is 0.478. The molecule has 1 aromatic carbocycles. The van der Waals surface area contributed by atoms with E-state index in [-0.39, 0.29) is 17.1 Å². The summed E-state index contributed by atoms with van der Waals surface area (Å²) >= 11 is 0. The normalized spacial score (nSPS) is 17.9. The molecule has 0 radical (unpaired) electrons. The first-order chi connectivity index (χ1) is 14.4. The van der Waals surface area contributed by atoms with Crippen LogP contribution in [0.3, 0.4) is 0 Å². The molecule has 8 heteroatoms. The lowest BCUT2D eigenvalue weighted by atomic mass is 9.92. The van der Waals surface area contributed by atoms with Crippen LogP contribution in [0.4, 0.5) is 13.2 Å². The molecule has 2 heterocycles. The zero-order valence-corrected chi connectivity index (χ0v) is 18.3. The van der Waals surface area contributed by atoms with Crippen LogP contribution in [0.5, 0.6) is 0 Å². The number of rotatable bonds is 4. The number of amides is 1. The molecule has 1 aromatic heterocycles. The fourth-order valence-corrected chi connectivity index (χ4v) is 3.82. The molecular weight excluding hydrogens is 407 g/mol. The maximum Gasteiger partial charge on any atom is 0.416 e. The Bertz CT molecular complexity index is 1050. The van der Waals surface area contributed by atoms with Crippen LogP contribution in [-0.2, 0) is 29.9 Å². The number of hydrogen-bond acceptors (Lipinski definition) is 2. The molecule has 1 aliphatic rings. The van der Waals surface area contributed by atoms with Gasteiger partial charge in [-0.15, -0.1) is 0 Å². The van der Waals surface area contributed by atoms with Gasteiger partial charge in [0, 0.05) is 36.4 Å². The molecule has 1 saturated heterocycles.